The van der Waals surface area contributed by atoms with Gasteiger partial charge in [-0.3, -0.25) is 4.79 Å². The summed E-state index contributed by atoms with van der Waals surface area (Å²) in [5, 5.41) is 15.6. The number of fused-ring (bicyclic) bond motifs is 1. The molecular weight excluding hydrogens is 452 g/mol. The summed E-state index contributed by atoms with van der Waals surface area (Å²) in [6.07, 6.45) is -5.02. The number of hydrogen-bond acceptors (Lipinski definition) is 5. The molecule has 0 spiro atoms. The fraction of sp³-hybridized carbons (Fsp3) is 0.333. The summed E-state index contributed by atoms with van der Waals surface area (Å²) < 4.78 is 54.3. The van der Waals surface area contributed by atoms with E-state index in [9.17, 15) is 27.5 Å². The molecule has 0 radical (unpaired) electrons. The van der Waals surface area contributed by atoms with E-state index >= 15 is 0 Å². The number of aliphatic hydroxyl groups excluding tert-OH is 1. The molecule has 0 saturated heterocycles. The molecule has 0 saturated carbocycles. The van der Waals surface area contributed by atoms with Crippen molar-refractivity contribution in [1.82, 2.24) is 10.3 Å². The molecule has 2 atom stereocenters. The number of carbonyl (C=O) groups is 1. The number of aliphatic hydroxyl groups is 1. The Kier molecular flexibility index (Phi) is 7.30. The van der Waals surface area contributed by atoms with E-state index in [0.717, 1.165) is 6.07 Å². The first-order valence-electron chi connectivity index (χ1n) is 10.7. The number of halogens is 4. The molecule has 1 amide bonds. The second-order valence-electron chi connectivity index (χ2n) is 8.15. The number of alkyl halides is 3. The van der Waals surface area contributed by atoms with Crippen LogP contribution in [0.3, 0.4) is 0 Å². The normalized spacial score (nSPS) is 13.5. The smallest absolute Gasteiger partial charge is 0.398 e. The number of nitrogens with two attached hydrogens (primary N) is 1. The molecule has 3 aromatic rings. The first-order valence-corrected chi connectivity index (χ1v) is 10.7. The van der Waals surface area contributed by atoms with Crippen LogP contribution < -0.4 is 16.4 Å². The molecule has 1 heterocycles. The lowest BCUT2D eigenvalue weighted by Crippen LogP contribution is -2.27. The summed E-state index contributed by atoms with van der Waals surface area (Å²) in [6.45, 7) is 5.11. The van der Waals surface area contributed by atoms with Gasteiger partial charge in [0.2, 0.25) is 0 Å². The third-order valence-corrected chi connectivity index (χ3v) is 5.56. The third-order valence-electron chi connectivity index (χ3n) is 5.56. The van der Waals surface area contributed by atoms with Gasteiger partial charge in [0, 0.05) is 34.4 Å². The van der Waals surface area contributed by atoms with Gasteiger partial charge in [-0.1, -0.05) is 6.92 Å². The third kappa shape index (κ3) is 5.56. The molecule has 3 rings (SSSR count). The van der Waals surface area contributed by atoms with Gasteiger partial charge in [-0.25, -0.2) is 9.37 Å². The molecule has 182 valence electrons. The molecule has 10 heteroatoms. The Labute approximate surface area is 194 Å². The molecule has 1 aromatic heterocycles. The van der Waals surface area contributed by atoms with E-state index in [1.165, 1.54) is 24.3 Å². The summed E-state index contributed by atoms with van der Waals surface area (Å²) in [4.78, 5) is 16.5. The number of anilines is 2. The average molecular weight is 478 g/mol. The Bertz CT molecular complexity index is 1210. The van der Waals surface area contributed by atoms with E-state index in [1.807, 2.05) is 0 Å². The average Bonchev–Trinajstić information content (AvgIpc) is 2.78. The van der Waals surface area contributed by atoms with E-state index in [1.54, 1.807) is 26.8 Å². The number of amides is 1. The minimum atomic E-state index is -4.67. The Morgan fingerprint density at radius 2 is 1.91 bits per heavy atom. The minimum absolute atomic E-state index is 0.0239. The van der Waals surface area contributed by atoms with E-state index in [2.05, 4.69) is 15.6 Å². The largest absolute Gasteiger partial charge is 0.433 e. The number of benzene rings is 2. The molecule has 1 unspecified atom stereocenters. The Hall–Kier alpha value is -3.40. The van der Waals surface area contributed by atoms with Gasteiger partial charge in [0.05, 0.1) is 17.7 Å². The minimum Gasteiger partial charge on any atom is -0.398 e. The van der Waals surface area contributed by atoms with Crippen molar-refractivity contribution >= 4 is 28.2 Å². The number of nitrogens with one attached hydrogen (secondary N) is 2. The number of aromatic nitrogens is 1. The molecule has 2 aromatic carbocycles. The monoisotopic (exact) mass is 478 g/mol. The zero-order valence-corrected chi connectivity index (χ0v) is 18.9. The van der Waals surface area contributed by atoms with Crippen molar-refractivity contribution in [2.24, 2.45) is 0 Å². The number of pyridine rings is 1. The summed E-state index contributed by atoms with van der Waals surface area (Å²) in [5.41, 5.74) is 6.13. The summed E-state index contributed by atoms with van der Waals surface area (Å²) in [5.74, 6) is -1.10. The van der Waals surface area contributed by atoms with Crippen LogP contribution in [-0.4, -0.2) is 28.6 Å². The van der Waals surface area contributed by atoms with Gasteiger partial charge in [-0.2, -0.15) is 13.2 Å². The molecule has 0 aliphatic rings. The van der Waals surface area contributed by atoms with Crippen LogP contribution in [0.5, 0.6) is 0 Å². The van der Waals surface area contributed by atoms with Gasteiger partial charge in [0.1, 0.15) is 11.5 Å². The van der Waals surface area contributed by atoms with Crippen LogP contribution in [0.4, 0.5) is 28.9 Å². The van der Waals surface area contributed by atoms with Crippen molar-refractivity contribution in [3.05, 3.63) is 64.6 Å². The number of aryl methyl sites for hydroxylation is 1. The molecular formula is C24H26F4N4O2. The van der Waals surface area contributed by atoms with Crippen LogP contribution >= 0.6 is 0 Å². The lowest BCUT2D eigenvalue weighted by molar-refractivity contribution is -0.140. The van der Waals surface area contributed by atoms with E-state index < -0.39 is 35.7 Å². The molecule has 0 bridgehead atoms. The summed E-state index contributed by atoms with van der Waals surface area (Å²) in [7, 11) is 0. The van der Waals surface area contributed by atoms with Crippen LogP contribution in [-0.2, 0) is 6.18 Å². The molecule has 34 heavy (non-hydrogen) atoms. The number of hydrogen-bond donors (Lipinski definition) is 4. The van der Waals surface area contributed by atoms with Crippen molar-refractivity contribution in [2.45, 2.75) is 45.5 Å². The predicted molar refractivity (Wildman–Crippen MR) is 123 cm³/mol. The maximum Gasteiger partial charge on any atom is 0.433 e. The number of nitrogens with zero attached hydrogens (tertiary/aromatic N) is 1. The number of carbonyl (C=O) groups excluding carboxylic acids is 1. The molecule has 0 aliphatic heterocycles. The van der Waals surface area contributed by atoms with Gasteiger partial charge in [0.15, 0.2) is 0 Å². The Morgan fingerprint density at radius 3 is 2.56 bits per heavy atom. The highest BCUT2D eigenvalue weighted by Crippen LogP contribution is 2.33. The highest BCUT2D eigenvalue weighted by molar-refractivity contribution is 6.01. The van der Waals surface area contributed by atoms with Gasteiger partial charge >= 0.3 is 6.18 Å². The van der Waals surface area contributed by atoms with Crippen molar-refractivity contribution in [3.8, 4) is 0 Å². The van der Waals surface area contributed by atoms with Crippen LogP contribution in [0.25, 0.3) is 10.9 Å². The highest BCUT2D eigenvalue weighted by atomic mass is 19.4. The fourth-order valence-electron chi connectivity index (χ4n) is 3.44. The van der Waals surface area contributed by atoms with Crippen molar-refractivity contribution in [3.63, 3.8) is 0 Å². The topological polar surface area (TPSA) is 100 Å². The number of rotatable bonds is 7. The SMILES string of the molecule is CCC(O)CNc1cc(C(F)(F)F)nc2ccc(C(=O)N[C@H](C)c3cc(C)c(N)cc3F)cc12. The van der Waals surface area contributed by atoms with E-state index in [-0.39, 0.29) is 34.3 Å². The molecule has 6 nitrogen and oxygen atoms in total. The zero-order chi connectivity index (χ0) is 25.2. The molecule has 0 aliphatic carbocycles. The zero-order valence-electron chi connectivity index (χ0n) is 18.9. The van der Waals surface area contributed by atoms with Gasteiger partial charge in [-0.15, -0.1) is 0 Å². The maximum atomic E-state index is 14.3. The van der Waals surface area contributed by atoms with Crippen LogP contribution in [0.2, 0.25) is 0 Å². The van der Waals surface area contributed by atoms with Crippen molar-refractivity contribution in [2.75, 3.05) is 17.6 Å². The van der Waals surface area contributed by atoms with E-state index in [0.29, 0.717) is 17.7 Å². The lowest BCUT2D eigenvalue weighted by atomic mass is 10.0. The van der Waals surface area contributed by atoms with Gasteiger partial charge in [0.25, 0.3) is 5.91 Å². The van der Waals surface area contributed by atoms with Crippen molar-refractivity contribution in [1.29, 1.82) is 0 Å². The quantitative estimate of drug-likeness (QED) is 0.284. The maximum absolute atomic E-state index is 14.3. The molecule has 5 N–H and O–H groups in total. The molecule has 0 fully saturated rings. The highest BCUT2D eigenvalue weighted by Gasteiger charge is 2.33. The fourth-order valence-corrected chi connectivity index (χ4v) is 3.44. The first kappa shape index (κ1) is 25.2. The van der Waals surface area contributed by atoms with Crippen LogP contribution in [0.15, 0.2) is 36.4 Å². The second-order valence-corrected chi connectivity index (χ2v) is 8.15. The summed E-state index contributed by atoms with van der Waals surface area (Å²) in [6, 6.07) is 6.99. The standard InChI is InChI=1S/C24H26F4N4O2/c1-4-15(33)11-30-21-10-22(24(26,27)28)32-20-6-5-14(8-17(20)21)23(34)31-13(3)16-7-12(2)19(29)9-18(16)25/h5-10,13,15,33H,4,11,29H2,1-3H3,(H,30,32)(H,31,34)/t13-,15?/m1/s1. The Balaban J connectivity index is 1.95. The van der Waals surface area contributed by atoms with Gasteiger partial charge < -0.3 is 21.5 Å². The predicted octanol–water partition coefficient (Wildman–Crippen LogP) is 4.96. The summed E-state index contributed by atoms with van der Waals surface area (Å²) >= 11 is 0. The second kappa shape index (κ2) is 9.84. The van der Waals surface area contributed by atoms with E-state index in [4.69, 9.17) is 5.73 Å². The number of nitrogen functional groups attached to an aromatic ring is 1. The Morgan fingerprint density at radius 1 is 1.21 bits per heavy atom. The van der Waals surface area contributed by atoms with Crippen LogP contribution in [0.1, 0.15) is 53.5 Å². The lowest BCUT2D eigenvalue weighted by Gasteiger charge is -2.18. The van der Waals surface area contributed by atoms with Crippen molar-refractivity contribution < 1.29 is 27.5 Å². The van der Waals surface area contributed by atoms with Gasteiger partial charge in [-0.05, 0) is 62.2 Å². The first-order chi connectivity index (χ1) is 15.9. The van der Waals surface area contributed by atoms with Crippen LogP contribution in [0, 0.1) is 12.7 Å².